The van der Waals surface area contributed by atoms with Gasteiger partial charge in [-0.05, 0) is 44.0 Å². The lowest BCUT2D eigenvalue weighted by Crippen LogP contribution is -2.18. The van der Waals surface area contributed by atoms with Gasteiger partial charge in [-0.3, -0.25) is 4.79 Å². The molecule has 0 radical (unpaired) electrons. The van der Waals surface area contributed by atoms with Gasteiger partial charge >= 0.3 is 10.1 Å². The standard InChI is InChI=1S/C17H19NO5S/c1-10-7-11(2)16(12(3)8-10)24(20,21)23-15-9-13(22-4)5-6-14(15)17(18)19/h5-9H,1-4H3,(H2,18,19). The molecule has 0 saturated carbocycles. The molecule has 7 heteroatoms. The van der Waals surface area contributed by atoms with Gasteiger partial charge in [0.05, 0.1) is 12.7 Å². The maximum atomic E-state index is 12.7. The minimum Gasteiger partial charge on any atom is -0.497 e. The number of hydrogen-bond acceptors (Lipinski definition) is 5. The van der Waals surface area contributed by atoms with E-state index in [1.807, 2.05) is 6.92 Å². The first-order valence-electron chi connectivity index (χ1n) is 7.16. The molecule has 0 bridgehead atoms. The summed E-state index contributed by atoms with van der Waals surface area (Å²) < 4.78 is 35.7. The highest BCUT2D eigenvalue weighted by Crippen LogP contribution is 2.30. The van der Waals surface area contributed by atoms with Gasteiger partial charge in [0.25, 0.3) is 5.91 Å². The molecule has 1 amide bonds. The van der Waals surface area contributed by atoms with E-state index in [1.54, 1.807) is 26.0 Å². The Bertz CT molecular complexity index is 880. The number of benzene rings is 2. The van der Waals surface area contributed by atoms with Crippen LogP contribution in [-0.2, 0) is 10.1 Å². The molecule has 0 aromatic heterocycles. The SMILES string of the molecule is COc1ccc(C(N)=O)c(OS(=O)(=O)c2c(C)cc(C)cc2C)c1. The Kier molecular flexibility index (Phi) is 4.84. The zero-order valence-corrected chi connectivity index (χ0v) is 14.7. The lowest BCUT2D eigenvalue weighted by molar-refractivity contribution is 0.0999. The van der Waals surface area contributed by atoms with Crippen LogP contribution >= 0.6 is 0 Å². The van der Waals surface area contributed by atoms with Crippen LogP contribution < -0.4 is 14.7 Å². The third-order valence-corrected chi connectivity index (χ3v) is 5.05. The Hall–Kier alpha value is -2.54. The second-order valence-corrected chi connectivity index (χ2v) is 6.97. The van der Waals surface area contributed by atoms with Crippen LogP contribution in [0.2, 0.25) is 0 Å². The van der Waals surface area contributed by atoms with Crippen LogP contribution in [0.5, 0.6) is 11.5 Å². The summed E-state index contributed by atoms with van der Waals surface area (Å²) in [6, 6.07) is 7.69. The highest BCUT2D eigenvalue weighted by atomic mass is 32.2. The van der Waals surface area contributed by atoms with Gasteiger partial charge in [0.1, 0.15) is 10.6 Å². The molecule has 2 rings (SSSR count). The number of nitrogens with two attached hydrogens (primary N) is 1. The van der Waals surface area contributed by atoms with Crippen molar-refractivity contribution in [2.24, 2.45) is 5.73 Å². The number of ether oxygens (including phenoxy) is 1. The molecule has 2 N–H and O–H groups in total. The van der Waals surface area contributed by atoms with Gasteiger partial charge in [0.2, 0.25) is 0 Å². The van der Waals surface area contributed by atoms with Crippen LogP contribution in [0.1, 0.15) is 27.0 Å². The molecule has 2 aromatic carbocycles. The summed E-state index contributed by atoms with van der Waals surface area (Å²) in [6.45, 7) is 5.26. The fraction of sp³-hybridized carbons (Fsp3) is 0.235. The van der Waals surface area contributed by atoms with Gasteiger partial charge in [-0.1, -0.05) is 17.7 Å². The molecule has 2 aromatic rings. The van der Waals surface area contributed by atoms with E-state index < -0.39 is 16.0 Å². The van der Waals surface area contributed by atoms with Crippen LogP contribution in [0.15, 0.2) is 35.2 Å². The van der Waals surface area contributed by atoms with Crippen LogP contribution in [0.4, 0.5) is 0 Å². The number of hydrogen-bond donors (Lipinski definition) is 1. The highest BCUT2D eigenvalue weighted by molar-refractivity contribution is 7.87. The quantitative estimate of drug-likeness (QED) is 0.837. The summed E-state index contributed by atoms with van der Waals surface area (Å²) in [4.78, 5) is 11.6. The molecule has 0 atom stereocenters. The molecular weight excluding hydrogens is 330 g/mol. The van der Waals surface area contributed by atoms with Crippen LogP contribution in [0.25, 0.3) is 0 Å². The van der Waals surface area contributed by atoms with Crippen molar-refractivity contribution >= 4 is 16.0 Å². The number of amides is 1. The summed E-state index contributed by atoms with van der Waals surface area (Å²) in [5.74, 6) is -0.607. The molecular formula is C17H19NO5S. The minimum absolute atomic E-state index is 0.0400. The Morgan fingerprint density at radius 2 is 1.62 bits per heavy atom. The number of rotatable bonds is 5. The minimum atomic E-state index is -4.14. The molecule has 0 spiro atoms. The Labute approximate surface area is 141 Å². The summed E-state index contributed by atoms with van der Waals surface area (Å²) in [7, 11) is -2.71. The maximum absolute atomic E-state index is 12.7. The van der Waals surface area contributed by atoms with Gasteiger partial charge in [-0.25, -0.2) is 0 Å². The molecule has 6 nitrogen and oxygen atoms in total. The fourth-order valence-corrected chi connectivity index (χ4v) is 3.99. The van der Waals surface area contributed by atoms with Crippen molar-refractivity contribution in [1.29, 1.82) is 0 Å². The fourth-order valence-electron chi connectivity index (χ4n) is 2.62. The van der Waals surface area contributed by atoms with E-state index >= 15 is 0 Å². The number of carbonyl (C=O) groups is 1. The number of methoxy groups -OCH3 is 1. The second-order valence-electron chi connectivity index (χ2n) is 5.49. The normalized spacial score (nSPS) is 11.2. The van der Waals surface area contributed by atoms with Crippen molar-refractivity contribution in [2.45, 2.75) is 25.7 Å². The molecule has 0 heterocycles. The van der Waals surface area contributed by atoms with Gasteiger partial charge in [0.15, 0.2) is 5.75 Å². The number of primary amides is 1. The molecule has 24 heavy (non-hydrogen) atoms. The van der Waals surface area contributed by atoms with Crippen molar-refractivity contribution < 1.29 is 22.1 Å². The smallest absolute Gasteiger partial charge is 0.339 e. The summed E-state index contributed by atoms with van der Waals surface area (Å²) in [5, 5.41) is 0. The molecule has 0 fully saturated rings. The summed E-state index contributed by atoms with van der Waals surface area (Å²) in [5.41, 5.74) is 7.33. The molecule has 0 unspecified atom stereocenters. The van der Waals surface area contributed by atoms with E-state index in [1.165, 1.54) is 25.3 Å². The van der Waals surface area contributed by atoms with Crippen molar-refractivity contribution in [3.05, 3.63) is 52.6 Å². The maximum Gasteiger partial charge on any atom is 0.339 e. The number of aryl methyl sites for hydroxylation is 3. The first-order valence-corrected chi connectivity index (χ1v) is 8.56. The van der Waals surface area contributed by atoms with E-state index in [4.69, 9.17) is 14.7 Å². The molecule has 0 aliphatic rings. The monoisotopic (exact) mass is 349 g/mol. The number of carbonyl (C=O) groups excluding carboxylic acids is 1. The third-order valence-electron chi connectivity index (χ3n) is 3.51. The second kappa shape index (κ2) is 6.52. The zero-order valence-electron chi connectivity index (χ0n) is 13.9. The van der Waals surface area contributed by atoms with Crippen molar-refractivity contribution in [1.82, 2.24) is 0 Å². The van der Waals surface area contributed by atoms with E-state index in [-0.39, 0.29) is 16.2 Å². The first kappa shape index (κ1) is 17.8. The largest absolute Gasteiger partial charge is 0.497 e. The van der Waals surface area contributed by atoms with Crippen molar-refractivity contribution in [3.8, 4) is 11.5 Å². The Balaban J connectivity index is 2.56. The van der Waals surface area contributed by atoms with E-state index in [9.17, 15) is 13.2 Å². The first-order chi connectivity index (χ1) is 11.2. The predicted octanol–water partition coefficient (Wildman–Crippen LogP) is 2.49. The van der Waals surface area contributed by atoms with Crippen molar-refractivity contribution in [3.63, 3.8) is 0 Å². The van der Waals surface area contributed by atoms with Gasteiger partial charge in [-0.2, -0.15) is 8.42 Å². The average molecular weight is 349 g/mol. The molecule has 0 aliphatic heterocycles. The van der Waals surface area contributed by atoms with E-state index in [2.05, 4.69) is 0 Å². The van der Waals surface area contributed by atoms with E-state index in [0.717, 1.165) is 5.56 Å². The predicted molar refractivity (Wildman–Crippen MR) is 90.0 cm³/mol. The lowest BCUT2D eigenvalue weighted by atomic mass is 10.1. The summed E-state index contributed by atoms with van der Waals surface area (Å²) in [6.07, 6.45) is 0. The zero-order chi connectivity index (χ0) is 18.1. The molecule has 128 valence electrons. The van der Waals surface area contributed by atoms with Crippen LogP contribution in [0.3, 0.4) is 0 Å². The van der Waals surface area contributed by atoms with Gasteiger partial charge in [-0.15, -0.1) is 0 Å². The lowest BCUT2D eigenvalue weighted by Gasteiger charge is -2.15. The van der Waals surface area contributed by atoms with Crippen molar-refractivity contribution in [2.75, 3.05) is 7.11 Å². The topological polar surface area (TPSA) is 95.7 Å². The molecule has 0 aliphatic carbocycles. The summed E-state index contributed by atoms with van der Waals surface area (Å²) >= 11 is 0. The van der Waals surface area contributed by atoms with E-state index in [0.29, 0.717) is 16.9 Å². The van der Waals surface area contributed by atoms with Gasteiger partial charge in [0, 0.05) is 6.07 Å². The highest BCUT2D eigenvalue weighted by Gasteiger charge is 2.24. The third kappa shape index (κ3) is 3.51. The van der Waals surface area contributed by atoms with Crippen LogP contribution in [0, 0.1) is 20.8 Å². The Morgan fingerprint density at radius 1 is 1.04 bits per heavy atom. The Morgan fingerprint density at radius 3 is 2.12 bits per heavy atom. The van der Waals surface area contributed by atoms with Crippen LogP contribution in [-0.4, -0.2) is 21.4 Å². The van der Waals surface area contributed by atoms with Gasteiger partial charge < -0.3 is 14.7 Å². The average Bonchev–Trinajstić information content (AvgIpc) is 2.44. The molecule has 0 saturated heterocycles.